The Bertz CT molecular complexity index is 681. The van der Waals surface area contributed by atoms with E-state index in [4.69, 9.17) is 19.8 Å². The first-order valence-corrected chi connectivity index (χ1v) is 10.7. The van der Waals surface area contributed by atoms with Gasteiger partial charge in [0.15, 0.2) is 0 Å². The molecule has 2 fully saturated rings. The summed E-state index contributed by atoms with van der Waals surface area (Å²) in [6.45, 7) is 9.18. The molecule has 29 heavy (non-hydrogen) atoms. The molecule has 2 saturated heterocycles. The average Bonchev–Trinajstić information content (AvgIpc) is 3.14. The lowest BCUT2D eigenvalue weighted by atomic mass is 9.80. The third kappa shape index (κ3) is 5.20. The lowest BCUT2D eigenvalue weighted by Gasteiger charge is -2.32. The van der Waals surface area contributed by atoms with Crippen molar-refractivity contribution >= 4 is 13.1 Å². The molecule has 0 radical (unpaired) electrons. The van der Waals surface area contributed by atoms with E-state index >= 15 is 0 Å². The van der Waals surface area contributed by atoms with E-state index in [1.54, 1.807) is 0 Å². The quantitative estimate of drug-likeness (QED) is 0.395. The fourth-order valence-corrected chi connectivity index (χ4v) is 4.05. The smallest absolute Gasteiger partial charge is 0.457 e. The van der Waals surface area contributed by atoms with E-state index < -0.39 is 5.54 Å². The van der Waals surface area contributed by atoms with Crippen LogP contribution < -0.4 is 11.1 Å². The van der Waals surface area contributed by atoms with Gasteiger partial charge in [-0.15, -0.1) is 0 Å². The molecule has 3 rings (SSSR count). The minimum absolute atomic E-state index is 0.0256. The van der Waals surface area contributed by atoms with Crippen LogP contribution in [0.15, 0.2) is 30.3 Å². The van der Waals surface area contributed by atoms with Crippen LogP contribution in [0.5, 0.6) is 0 Å². The Labute approximate surface area is 175 Å². The molecule has 2 atom stereocenters. The van der Waals surface area contributed by atoms with Crippen molar-refractivity contribution in [2.45, 2.75) is 89.1 Å². The number of unbranched alkanes of at least 4 members (excludes halogenated alkanes) is 1. The number of ether oxygens (including phenoxy) is 1. The second kappa shape index (κ2) is 8.76. The van der Waals surface area contributed by atoms with Gasteiger partial charge in [-0.25, -0.2) is 0 Å². The molecule has 160 valence electrons. The van der Waals surface area contributed by atoms with Crippen LogP contribution in [0.25, 0.3) is 0 Å². The van der Waals surface area contributed by atoms with E-state index in [9.17, 15) is 4.79 Å². The maximum atomic E-state index is 12.9. The maximum absolute atomic E-state index is 12.9. The molecule has 1 aromatic carbocycles. The zero-order valence-electron chi connectivity index (χ0n) is 18.2. The van der Waals surface area contributed by atoms with Gasteiger partial charge in [-0.3, -0.25) is 4.79 Å². The first-order valence-electron chi connectivity index (χ1n) is 10.7. The maximum Gasteiger partial charge on any atom is 0.457 e. The standard InChI is InChI=1S/C22H35BN2O4/c1-20(2)21(3,4)29-23(28-20)13-9-8-12-22(14-18(24)15-25-22)19(26)27-16-17-10-6-5-7-11-17/h5-7,10-11,18,25H,8-9,12-16,24H2,1-4H3/t18-,22?/m0/s1. The lowest BCUT2D eigenvalue weighted by molar-refractivity contribution is -0.153. The highest BCUT2D eigenvalue weighted by molar-refractivity contribution is 6.45. The highest BCUT2D eigenvalue weighted by Crippen LogP contribution is 2.38. The number of hydrogen-bond acceptors (Lipinski definition) is 6. The summed E-state index contributed by atoms with van der Waals surface area (Å²) in [4.78, 5) is 12.9. The molecule has 1 aromatic rings. The van der Waals surface area contributed by atoms with Crippen molar-refractivity contribution in [1.82, 2.24) is 5.32 Å². The average molecular weight is 402 g/mol. The van der Waals surface area contributed by atoms with Gasteiger partial charge < -0.3 is 25.1 Å². The van der Waals surface area contributed by atoms with Crippen LogP contribution in [-0.4, -0.2) is 42.4 Å². The van der Waals surface area contributed by atoms with Crippen molar-refractivity contribution in [3.05, 3.63) is 35.9 Å². The van der Waals surface area contributed by atoms with Crippen LogP contribution >= 0.6 is 0 Å². The Kier molecular flexibility index (Phi) is 6.73. The Morgan fingerprint density at radius 3 is 2.41 bits per heavy atom. The fraction of sp³-hybridized carbons (Fsp3) is 0.682. The number of esters is 1. The van der Waals surface area contributed by atoms with Gasteiger partial charge in [0.05, 0.1) is 11.2 Å². The SMILES string of the molecule is CC1(C)OB(CCCCC2(C(=O)OCc3ccccc3)C[C@H](N)CN2)OC1(C)C. The Hall–Kier alpha value is -1.41. The summed E-state index contributed by atoms with van der Waals surface area (Å²) in [5.41, 5.74) is 5.79. The molecule has 0 aliphatic carbocycles. The van der Waals surface area contributed by atoms with Crippen LogP contribution in [-0.2, 0) is 25.4 Å². The van der Waals surface area contributed by atoms with Crippen LogP contribution in [0.4, 0.5) is 0 Å². The number of carbonyl (C=O) groups excluding carboxylic acids is 1. The normalized spacial score (nSPS) is 27.9. The van der Waals surface area contributed by atoms with E-state index in [-0.39, 0.29) is 36.9 Å². The molecule has 2 heterocycles. The fourth-order valence-electron chi connectivity index (χ4n) is 4.05. The van der Waals surface area contributed by atoms with Crippen LogP contribution in [0.1, 0.15) is 58.9 Å². The largest absolute Gasteiger partial charge is 0.459 e. The number of nitrogens with one attached hydrogen (secondary N) is 1. The van der Waals surface area contributed by atoms with E-state index in [0.29, 0.717) is 19.4 Å². The molecule has 2 aliphatic rings. The number of carbonyl (C=O) groups is 1. The summed E-state index contributed by atoms with van der Waals surface area (Å²) in [5, 5.41) is 3.35. The predicted molar refractivity (Wildman–Crippen MR) is 114 cm³/mol. The van der Waals surface area contributed by atoms with E-state index in [1.807, 2.05) is 30.3 Å². The predicted octanol–water partition coefficient (Wildman–Crippen LogP) is 3.05. The molecule has 0 aromatic heterocycles. The summed E-state index contributed by atoms with van der Waals surface area (Å²) in [5.74, 6) is -0.204. The highest BCUT2D eigenvalue weighted by Gasteiger charge is 2.50. The first-order chi connectivity index (χ1) is 13.6. The molecule has 1 unspecified atom stereocenters. The lowest BCUT2D eigenvalue weighted by Crippen LogP contribution is -2.48. The van der Waals surface area contributed by atoms with E-state index in [0.717, 1.165) is 24.7 Å². The Morgan fingerprint density at radius 1 is 1.17 bits per heavy atom. The molecule has 7 heteroatoms. The van der Waals surface area contributed by atoms with Gasteiger partial charge in [-0.2, -0.15) is 0 Å². The van der Waals surface area contributed by atoms with Crippen molar-refractivity contribution in [3.63, 3.8) is 0 Å². The van der Waals surface area contributed by atoms with Crippen molar-refractivity contribution in [3.8, 4) is 0 Å². The number of rotatable bonds is 8. The van der Waals surface area contributed by atoms with Gasteiger partial charge in [-0.05, 0) is 52.4 Å². The molecule has 2 aliphatic heterocycles. The van der Waals surface area contributed by atoms with Gasteiger partial charge in [0.1, 0.15) is 12.1 Å². The first kappa shape index (κ1) is 22.3. The van der Waals surface area contributed by atoms with Crippen LogP contribution in [0.2, 0.25) is 6.32 Å². The molecule has 3 N–H and O–H groups in total. The van der Waals surface area contributed by atoms with Crippen molar-refractivity contribution in [1.29, 1.82) is 0 Å². The van der Waals surface area contributed by atoms with Gasteiger partial charge >= 0.3 is 13.1 Å². The van der Waals surface area contributed by atoms with E-state index in [2.05, 4.69) is 33.0 Å². The van der Waals surface area contributed by atoms with Crippen molar-refractivity contribution in [2.75, 3.05) is 6.54 Å². The van der Waals surface area contributed by atoms with Gasteiger partial charge in [0.2, 0.25) is 0 Å². The summed E-state index contributed by atoms with van der Waals surface area (Å²) >= 11 is 0. The Morgan fingerprint density at radius 2 is 1.83 bits per heavy atom. The summed E-state index contributed by atoms with van der Waals surface area (Å²) in [7, 11) is -0.195. The van der Waals surface area contributed by atoms with E-state index in [1.165, 1.54) is 0 Å². The van der Waals surface area contributed by atoms with Crippen LogP contribution in [0, 0.1) is 0 Å². The zero-order chi connectivity index (χ0) is 21.1. The zero-order valence-corrected chi connectivity index (χ0v) is 18.2. The molecule has 6 nitrogen and oxygen atoms in total. The topological polar surface area (TPSA) is 82.8 Å². The minimum Gasteiger partial charge on any atom is -0.459 e. The van der Waals surface area contributed by atoms with Gasteiger partial charge in [0, 0.05) is 12.6 Å². The van der Waals surface area contributed by atoms with Gasteiger partial charge in [-0.1, -0.05) is 43.2 Å². The molecular formula is C22H35BN2O4. The third-order valence-electron chi connectivity index (χ3n) is 6.51. The molecule has 0 amide bonds. The number of nitrogens with two attached hydrogens (primary N) is 1. The third-order valence-corrected chi connectivity index (χ3v) is 6.51. The summed E-state index contributed by atoms with van der Waals surface area (Å²) in [6.07, 6.45) is 3.92. The van der Waals surface area contributed by atoms with Crippen LogP contribution in [0.3, 0.4) is 0 Å². The summed E-state index contributed by atoms with van der Waals surface area (Å²) in [6, 6.07) is 9.72. The second-order valence-electron chi connectivity index (χ2n) is 9.42. The molecule has 0 spiro atoms. The highest BCUT2D eigenvalue weighted by atomic mass is 16.7. The Balaban J connectivity index is 1.49. The van der Waals surface area contributed by atoms with Gasteiger partial charge in [0.25, 0.3) is 0 Å². The number of benzene rings is 1. The summed E-state index contributed by atoms with van der Waals surface area (Å²) < 4.78 is 17.8. The molecular weight excluding hydrogens is 367 g/mol. The van der Waals surface area contributed by atoms with Crippen molar-refractivity contribution in [2.24, 2.45) is 5.73 Å². The molecule has 0 saturated carbocycles. The minimum atomic E-state index is -0.690. The van der Waals surface area contributed by atoms with Crippen molar-refractivity contribution < 1.29 is 18.8 Å². The monoisotopic (exact) mass is 402 g/mol. The second-order valence-corrected chi connectivity index (χ2v) is 9.42. The number of hydrogen-bond donors (Lipinski definition) is 2. The molecule has 0 bridgehead atoms.